The fourth-order valence-electron chi connectivity index (χ4n) is 3.21. The average Bonchev–Trinajstić information content (AvgIpc) is 2.73. The first-order valence-electron chi connectivity index (χ1n) is 6.94. The van der Waals surface area contributed by atoms with E-state index in [2.05, 4.69) is 44.7 Å². The smallest absolute Gasteiger partial charge is 0.308 e. The fraction of sp³-hybridized carbons (Fsp3) is 0.562. The van der Waals surface area contributed by atoms with Gasteiger partial charge in [-0.1, -0.05) is 18.2 Å². The fourth-order valence-corrected chi connectivity index (χ4v) is 3.21. The molecule has 0 aromatic heterocycles. The van der Waals surface area contributed by atoms with Crippen molar-refractivity contribution in [3.8, 4) is 0 Å². The molecule has 1 aliphatic rings. The Labute approximate surface area is 115 Å². The average molecular weight is 261 g/mol. The summed E-state index contributed by atoms with van der Waals surface area (Å²) in [6.07, 6.45) is 0. The molecule has 0 spiro atoms. The lowest BCUT2D eigenvalue weighted by molar-refractivity contribution is -0.141. The number of likely N-dealkylation sites (tertiary alicyclic amines) is 1. The van der Waals surface area contributed by atoms with Gasteiger partial charge < -0.3 is 5.11 Å². The summed E-state index contributed by atoms with van der Waals surface area (Å²) in [7, 11) is 0. The van der Waals surface area contributed by atoms with Crippen molar-refractivity contribution in [3.63, 3.8) is 0 Å². The monoisotopic (exact) mass is 261 g/mol. The summed E-state index contributed by atoms with van der Waals surface area (Å²) in [6, 6.07) is 6.61. The number of aryl methyl sites for hydroxylation is 2. The van der Waals surface area contributed by atoms with Gasteiger partial charge in [-0.2, -0.15) is 0 Å². The number of aliphatic carboxylic acids is 1. The van der Waals surface area contributed by atoms with Crippen LogP contribution in [-0.4, -0.2) is 35.1 Å². The molecule has 2 atom stereocenters. The molecule has 1 aliphatic heterocycles. The minimum absolute atomic E-state index is 0.112. The van der Waals surface area contributed by atoms with E-state index in [1.807, 2.05) is 6.07 Å². The molecule has 104 valence electrons. The van der Waals surface area contributed by atoms with Gasteiger partial charge in [0, 0.05) is 25.0 Å². The van der Waals surface area contributed by atoms with E-state index in [-0.39, 0.29) is 11.8 Å². The second-order valence-corrected chi connectivity index (χ2v) is 5.90. The third kappa shape index (κ3) is 2.66. The first-order chi connectivity index (χ1) is 8.91. The molecule has 1 N–H and O–H groups in total. The number of benzene rings is 1. The highest BCUT2D eigenvalue weighted by atomic mass is 16.4. The minimum Gasteiger partial charge on any atom is -0.481 e. The highest BCUT2D eigenvalue weighted by Gasteiger charge is 2.40. The predicted molar refractivity (Wildman–Crippen MR) is 76.5 cm³/mol. The summed E-state index contributed by atoms with van der Waals surface area (Å²) < 4.78 is 0. The molecule has 0 radical (unpaired) electrons. The molecule has 3 nitrogen and oxygen atoms in total. The van der Waals surface area contributed by atoms with Crippen LogP contribution in [0.15, 0.2) is 18.2 Å². The van der Waals surface area contributed by atoms with Crippen molar-refractivity contribution in [2.24, 2.45) is 5.92 Å². The maximum Gasteiger partial charge on any atom is 0.308 e. The Morgan fingerprint density at radius 3 is 2.32 bits per heavy atom. The zero-order valence-electron chi connectivity index (χ0n) is 12.2. The van der Waals surface area contributed by atoms with Gasteiger partial charge in [0.2, 0.25) is 0 Å². The third-order valence-corrected chi connectivity index (χ3v) is 4.31. The zero-order valence-corrected chi connectivity index (χ0v) is 12.2. The summed E-state index contributed by atoms with van der Waals surface area (Å²) in [5.74, 6) is -0.848. The van der Waals surface area contributed by atoms with Crippen LogP contribution < -0.4 is 0 Å². The van der Waals surface area contributed by atoms with Gasteiger partial charge in [-0.15, -0.1) is 0 Å². The molecule has 1 heterocycles. The molecule has 1 aromatic carbocycles. The van der Waals surface area contributed by atoms with Crippen LogP contribution in [0.25, 0.3) is 0 Å². The Balaban J connectivity index is 2.39. The Bertz CT molecular complexity index is 461. The summed E-state index contributed by atoms with van der Waals surface area (Å²) in [5, 5.41) is 9.50. The third-order valence-electron chi connectivity index (χ3n) is 4.31. The number of hydrogen-bond acceptors (Lipinski definition) is 2. The van der Waals surface area contributed by atoms with Crippen molar-refractivity contribution in [3.05, 3.63) is 34.9 Å². The molecule has 0 bridgehead atoms. The summed E-state index contributed by atoms with van der Waals surface area (Å²) in [6.45, 7) is 9.93. The first-order valence-corrected chi connectivity index (χ1v) is 6.94. The van der Waals surface area contributed by atoms with E-state index in [0.717, 1.165) is 6.54 Å². The van der Waals surface area contributed by atoms with Crippen molar-refractivity contribution < 1.29 is 9.90 Å². The van der Waals surface area contributed by atoms with Crippen LogP contribution in [0.3, 0.4) is 0 Å². The molecule has 1 aromatic rings. The van der Waals surface area contributed by atoms with Crippen LogP contribution in [0, 0.1) is 19.8 Å². The molecule has 1 saturated heterocycles. The molecule has 0 amide bonds. The molecule has 0 aliphatic carbocycles. The molecule has 1 fully saturated rings. The predicted octanol–water partition coefficient (Wildman–Crippen LogP) is 2.81. The van der Waals surface area contributed by atoms with Crippen molar-refractivity contribution >= 4 is 5.97 Å². The lowest BCUT2D eigenvalue weighted by Crippen LogP contribution is -2.29. The van der Waals surface area contributed by atoms with Gasteiger partial charge in [0.15, 0.2) is 0 Å². The van der Waals surface area contributed by atoms with Gasteiger partial charge in [0.1, 0.15) is 0 Å². The molecular weight excluding hydrogens is 238 g/mol. The van der Waals surface area contributed by atoms with Crippen molar-refractivity contribution in [1.82, 2.24) is 4.90 Å². The summed E-state index contributed by atoms with van der Waals surface area (Å²) in [4.78, 5) is 13.8. The van der Waals surface area contributed by atoms with E-state index >= 15 is 0 Å². The number of carbonyl (C=O) groups is 1. The quantitative estimate of drug-likeness (QED) is 0.909. The minimum atomic E-state index is -0.671. The van der Waals surface area contributed by atoms with Crippen LogP contribution in [0.4, 0.5) is 0 Å². The van der Waals surface area contributed by atoms with Crippen LogP contribution in [0.5, 0.6) is 0 Å². The van der Waals surface area contributed by atoms with E-state index in [1.165, 1.54) is 16.7 Å². The van der Waals surface area contributed by atoms with E-state index < -0.39 is 5.97 Å². The maximum absolute atomic E-state index is 11.5. The Morgan fingerprint density at radius 2 is 1.84 bits per heavy atom. The second-order valence-electron chi connectivity index (χ2n) is 5.90. The topological polar surface area (TPSA) is 40.5 Å². The normalized spacial score (nSPS) is 24.1. The standard InChI is InChI=1S/C16H23NO2/c1-10(2)17-8-13(14(9-17)16(18)19)15-11(3)6-5-7-12(15)4/h5-7,10,13-14H,8-9H2,1-4H3,(H,18,19). The van der Waals surface area contributed by atoms with Gasteiger partial charge in [0.25, 0.3) is 0 Å². The largest absolute Gasteiger partial charge is 0.481 e. The molecule has 2 unspecified atom stereocenters. The van der Waals surface area contributed by atoms with Gasteiger partial charge in [-0.05, 0) is 44.4 Å². The molecular formula is C16H23NO2. The van der Waals surface area contributed by atoms with E-state index in [4.69, 9.17) is 0 Å². The Hall–Kier alpha value is -1.35. The van der Waals surface area contributed by atoms with Gasteiger partial charge in [-0.25, -0.2) is 0 Å². The zero-order chi connectivity index (χ0) is 14.2. The first kappa shape index (κ1) is 14.1. The van der Waals surface area contributed by atoms with E-state index in [1.54, 1.807) is 0 Å². The number of carboxylic acids is 1. The number of nitrogens with zero attached hydrogens (tertiary/aromatic N) is 1. The van der Waals surface area contributed by atoms with Crippen LogP contribution in [0.1, 0.15) is 36.5 Å². The van der Waals surface area contributed by atoms with Crippen LogP contribution in [0.2, 0.25) is 0 Å². The lowest BCUT2D eigenvalue weighted by atomic mass is 9.84. The maximum atomic E-state index is 11.5. The number of carboxylic acid groups (broad SMARTS) is 1. The summed E-state index contributed by atoms with van der Waals surface area (Å²) in [5.41, 5.74) is 3.65. The van der Waals surface area contributed by atoms with E-state index in [9.17, 15) is 9.90 Å². The van der Waals surface area contributed by atoms with Gasteiger partial charge in [0.05, 0.1) is 5.92 Å². The van der Waals surface area contributed by atoms with Crippen molar-refractivity contribution in [1.29, 1.82) is 0 Å². The van der Waals surface area contributed by atoms with Gasteiger partial charge in [-0.3, -0.25) is 9.69 Å². The Kier molecular flexibility index (Phi) is 3.95. The lowest BCUT2D eigenvalue weighted by Gasteiger charge is -2.21. The molecule has 2 rings (SSSR count). The van der Waals surface area contributed by atoms with Crippen molar-refractivity contribution in [2.45, 2.75) is 39.7 Å². The SMILES string of the molecule is Cc1cccc(C)c1C1CN(C(C)C)CC1C(=O)O. The van der Waals surface area contributed by atoms with E-state index in [0.29, 0.717) is 12.6 Å². The molecule has 19 heavy (non-hydrogen) atoms. The molecule has 0 saturated carbocycles. The number of rotatable bonds is 3. The summed E-state index contributed by atoms with van der Waals surface area (Å²) >= 11 is 0. The molecule has 3 heteroatoms. The van der Waals surface area contributed by atoms with Gasteiger partial charge >= 0.3 is 5.97 Å². The van der Waals surface area contributed by atoms with Crippen molar-refractivity contribution in [2.75, 3.05) is 13.1 Å². The number of hydrogen-bond donors (Lipinski definition) is 1. The van der Waals surface area contributed by atoms with Crippen LogP contribution >= 0.6 is 0 Å². The van der Waals surface area contributed by atoms with Crippen LogP contribution in [-0.2, 0) is 4.79 Å². The highest BCUT2D eigenvalue weighted by Crippen LogP contribution is 2.37. The Morgan fingerprint density at radius 1 is 1.26 bits per heavy atom. The highest BCUT2D eigenvalue weighted by molar-refractivity contribution is 5.72. The second kappa shape index (κ2) is 5.33.